The van der Waals surface area contributed by atoms with E-state index in [0.717, 1.165) is 0 Å². The molecule has 19 heavy (non-hydrogen) atoms. The van der Waals surface area contributed by atoms with E-state index in [1.807, 2.05) is 0 Å². The van der Waals surface area contributed by atoms with Crippen molar-refractivity contribution in [2.45, 2.75) is 25.1 Å². The summed E-state index contributed by atoms with van der Waals surface area (Å²) in [7, 11) is -3.56. The van der Waals surface area contributed by atoms with Gasteiger partial charge in [0.25, 0.3) is 0 Å². The van der Waals surface area contributed by atoms with Crippen LogP contribution in [0.4, 0.5) is 0 Å². The van der Waals surface area contributed by atoms with E-state index >= 15 is 0 Å². The number of hydrogen-bond donors (Lipinski definition) is 1. The molecule has 0 amide bonds. The molecule has 0 spiro atoms. The van der Waals surface area contributed by atoms with Crippen molar-refractivity contribution in [3.05, 3.63) is 34.9 Å². The summed E-state index contributed by atoms with van der Waals surface area (Å²) < 4.78 is 22.7. The number of aliphatic hydroxyl groups is 1. The quantitative estimate of drug-likeness (QED) is 0.602. The maximum absolute atomic E-state index is 12.4. The highest BCUT2D eigenvalue weighted by Gasteiger charge is 2.39. The van der Waals surface area contributed by atoms with Gasteiger partial charge in [0.1, 0.15) is 6.10 Å². The van der Waals surface area contributed by atoms with E-state index in [1.165, 1.54) is 0 Å². The molecule has 0 radical (unpaired) electrons. The number of alkyl halides is 1. The van der Waals surface area contributed by atoms with Gasteiger partial charge in [-0.1, -0.05) is 23.7 Å². The lowest BCUT2D eigenvalue weighted by Crippen LogP contribution is -2.16. The Hall–Kier alpha value is -0.0900. The van der Waals surface area contributed by atoms with Crippen molar-refractivity contribution < 1.29 is 18.7 Å². The largest absolute Gasteiger partial charge is 0.386 e. The predicted molar refractivity (Wildman–Crippen MR) is 76.9 cm³/mol. The summed E-state index contributed by atoms with van der Waals surface area (Å²) in [5.41, 5.74) is 0.504. The minimum atomic E-state index is -3.56. The van der Waals surface area contributed by atoms with Crippen molar-refractivity contribution in [2.75, 3.05) is 13.2 Å². The number of benzene rings is 1. The van der Waals surface area contributed by atoms with Crippen LogP contribution in [0.2, 0.25) is 5.02 Å². The Labute approximate surface area is 123 Å². The van der Waals surface area contributed by atoms with Gasteiger partial charge in [-0.25, -0.2) is 0 Å². The zero-order valence-electron chi connectivity index (χ0n) is 10.8. The average molecular weight is 327 g/mol. The molecule has 0 aliphatic heterocycles. The average Bonchev–Trinajstić information content (AvgIpc) is 2.38. The third-order valence-electron chi connectivity index (χ3n) is 2.39. The standard InChI is InChI=1S/C12H17Cl2O4P/c1-3-17-19(16,18-4-2)12(14)11(15)9-5-7-10(13)8-6-9/h5-8,11-12,15H,3-4H2,1-2H3/t11-,12-/m0/s1. The fourth-order valence-corrected chi connectivity index (χ4v) is 3.74. The number of aliphatic hydroxyl groups excluding tert-OH is 1. The smallest absolute Gasteiger partial charge is 0.351 e. The molecule has 0 fully saturated rings. The summed E-state index contributed by atoms with van der Waals surface area (Å²) in [6, 6.07) is 6.47. The second-order valence-electron chi connectivity index (χ2n) is 3.74. The van der Waals surface area contributed by atoms with Crippen LogP contribution < -0.4 is 0 Å². The molecular weight excluding hydrogens is 310 g/mol. The van der Waals surface area contributed by atoms with Crippen LogP contribution in [0.15, 0.2) is 24.3 Å². The molecule has 0 heterocycles. The molecule has 1 aromatic rings. The SMILES string of the molecule is CCOP(=O)(OCC)[C@H](Cl)[C@@H](O)c1ccc(Cl)cc1. The van der Waals surface area contributed by atoms with Crippen LogP contribution in [-0.2, 0) is 13.6 Å². The van der Waals surface area contributed by atoms with Gasteiger partial charge in [0, 0.05) is 5.02 Å². The maximum atomic E-state index is 12.4. The number of hydrogen-bond acceptors (Lipinski definition) is 4. The Morgan fingerprint density at radius 3 is 2.11 bits per heavy atom. The first-order chi connectivity index (χ1) is 8.94. The summed E-state index contributed by atoms with van der Waals surface area (Å²) in [6.07, 6.45) is -1.16. The van der Waals surface area contributed by atoms with Crippen molar-refractivity contribution in [1.82, 2.24) is 0 Å². The van der Waals surface area contributed by atoms with Gasteiger partial charge in [-0.3, -0.25) is 4.57 Å². The first-order valence-electron chi connectivity index (χ1n) is 5.91. The molecule has 0 aliphatic rings. The van der Waals surface area contributed by atoms with Crippen molar-refractivity contribution in [1.29, 1.82) is 0 Å². The monoisotopic (exact) mass is 326 g/mol. The lowest BCUT2D eigenvalue weighted by Gasteiger charge is -2.25. The summed E-state index contributed by atoms with van der Waals surface area (Å²) in [5.74, 6) is 0. The molecule has 108 valence electrons. The summed E-state index contributed by atoms with van der Waals surface area (Å²) in [5, 5.41) is 9.53. The van der Waals surface area contributed by atoms with Crippen molar-refractivity contribution in [3.8, 4) is 0 Å². The van der Waals surface area contributed by atoms with Gasteiger partial charge in [0.2, 0.25) is 0 Å². The van der Waals surface area contributed by atoms with Gasteiger partial charge in [-0.2, -0.15) is 0 Å². The molecule has 0 aliphatic carbocycles. The molecule has 1 aromatic carbocycles. The van der Waals surface area contributed by atoms with E-state index in [-0.39, 0.29) is 13.2 Å². The second-order valence-corrected chi connectivity index (χ2v) is 7.11. The Morgan fingerprint density at radius 1 is 1.21 bits per heavy atom. The summed E-state index contributed by atoms with van der Waals surface area (Å²) in [4.78, 5) is 0. The normalized spacial score (nSPS) is 15.2. The molecule has 0 bridgehead atoms. The van der Waals surface area contributed by atoms with Crippen molar-refractivity contribution in [2.24, 2.45) is 0 Å². The van der Waals surface area contributed by atoms with E-state index < -0.39 is 18.8 Å². The van der Waals surface area contributed by atoms with Crippen LogP contribution in [0.3, 0.4) is 0 Å². The van der Waals surface area contributed by atoms with E-state index in [0.29, 0.717) is 10.6 Å². The van der Waals surface area contributed by atoms with Gasteiger partial charge in [-0.15, -0.1) is 11.6 Å². The van der Waals surface area contributed by atoms with Crippen molar-refractivity contribution >= 4 is 30.8 Å². The van der Waals surface area contributed by atoms with E-state index in [2.05, 4.69) is 0 Å². The molecule has 7 heteroatoms. The maximum Gasteiger partial charge on any atom is 0.351 e. The van der Waals surface area contributed by atoms with Gasteiger partial charge in [-0.05, 0) is 31.5 Å². The van der Waals surface area contributed by atoms with Crippen LogP contribution in [0.5, 0.6) is 0 Å². The highest BCUT2D eigenvalue weighted by atomic mass is 35.5. The van der Waals surface area contributed by atoms with E-state index in [9.17, 15) is 9.67 Å². The van der Waals surface area contributed by atoms with Crippen LogP contribution in [0.1, 0.15) is 25.5 Å². The second kappa shape index (κ2) is 7.63. The van der Waals surface area contributed by atoms with Crippen LogP contribution in [-0.4, -0.2) is 23.4 Å². The molecule has 0 saturated carbocycles. The first-order valence-corrected chi connectivity index (χ1v) is 8.33. The van der Waals surface area contributed by atoms with Gasteiger partial charge >= 0.3 is 7.60 Å². The minimum absolute atomic E-state index is 0.188. The predicted octanol–water partition coefficient (Wildman–Crippen LogP) is 4.20. The molecule has 1 N–H and O–H groups in total. The van der Waals surface area contributed by atoms with Crippen LogP contribution in [0.25, 0.3) is 0 Å². The van der Waals surface area contributed by atoms with Crippen LogP contribution >= 0.6 is 30.8 Å². The molecule has 1 rings (SSSR count). The molecular formula is C12H17Cl2O4P. The van der Waals surface area contributed by atoms with Crippen molar-refractivity contribution in [3.63, 3.8) is 0 Å². The fraction of sp³-hybridized carbons (Fsp3) is 0.500. The Morgan fingerprint density at radius 2 is 1.68 bits per heavy atom. The third kappa shape index (κ3) is 4.45. The molecule has 2 atom stereocenters. The molecule has 4 nitrogen and oxygen atoms in total. The lowest BCUT2D eigenvalue weighted by molar-refractivity contribution is 0.160. The Bertz CT molecular complexity index is 428. The van der Waals surface area contributed by atoms with Gasteiger partial charge in [0.15, 0.2) is 5.12 Å². The molecule has 0 unspecified atom stereocenters. The first kappa shape index (κ1) is 17.0. The molecule has 0 saturated heterocycles. The van der Waals surface area contributed by atoms with E-state index in [1.54, 1.807) is 38.1 Å². The topological polar surface area (TPSA) is 55.8 Å². The van der Waals surface area contributed by atoms with Crippen LogP contribution in [0, 0.1) is 0 Å². The number of rotatable bonds is 7. The zero-order valence-corrected chi connectivity index (χ0v) is 13.2. The van der Waals surface area contributed by atoms with E-state index in [4.69, 9.17) is 32.2 Å². The minimum Gasteiger partial charge on any atom is -0.386 e. The summed E-state index contributed by atoms with van der Waals surface area (Å²) >= 11 is 11.8. The summed E-state index contributed by atoms with van der Waals surface area (Å²) in [6.45, 7) is 3.75. The van der Waals surface area contributed by atoms with Gasteiger partial charge < -0.3 is 14.2 Å². The Kier molecular flexibility index (Phi) is 6.81. The number of halogens is 2. The molecule has 0 aromatic heterocycles. The third-order valence-corrected chi connectivity index (χ3v) is 5.72. The fourth-order valence-electron chi connectivity index (χ4n) is 1.53. The highest BCUT2D eigenvalue weighted by Crippen LogP contribution is 2.58. The Balaban J connectivity index is 2.92. The lowest BCUT2D eigenvalue weighted by atomic mass is 10.1. The zero-order chi connectivity index (χ0) is 14.5. The highest BCUT2D eigenvalue weighted by molar-refractivity contribution is 7.56. The van der Waals surface area contributed by atoms with Gasteiger partial charge in [0.05, 0.1) is 13.2 Å².